The lowest BCUT2D eigenvalue weighted by molar-refractivity contribution is -0.138. The van der Waals surface area contributed by atoms with Crippen LogP contribution in [0.4, 0.5) is 0 Å². The molecule has 1 rings (SSSR count). The number of carbonyl (C=O) groups is 2. The van der Waals surface area contributed by atoms with Crippen LogP contribution in [0.1, 0.15) is 77.6 Å². The van der Waals surface area contributed by atoms with Crippen LogP contribution in [0.2, 0.25) is 0 Å². The predicted molar refractivity (Wildman–Crippen MR) is 88.5 cm³/mol. The molecule has 1 aliphatic heterocycles. The summed E-state index contributed by atoms with van der Waals surface area (Å²) >= 11 is 0. The van der Waals surface area contributed by atoms with Gasteiger partial charge in [0.15, 0.2) is 5.25 Å². The molecule has 1 heterocycles. The van der Waals surface area contributed by atoms with Crippen molar-refractivity contribution in [3.05, 3.63) is 0 Å². The maximum Gasteiger partial charge on any atom is 0.277 e. The minimum absolute atomic E-state index is 0.250. The standard InChI is InChI=1S/C16H29NO5S/c1-2-3-4-5-6-7-8-9-10-11-12-17-15(18)13-14(16(17)19)23(20,21)22/h14H,2-13H2,1H3,(H,20,21,22). The number of nitrogens with zero attached hydrogens (tertiary/aromatic N) is 1. The fourth-order valence-corrected chi connectivity index (χ4v) is 3.61. The number of unbranched alkanes of at least 4 members (excludes halogenated alkanes) is 9. The Morgan fingerprint density at radius 3 is 1.87 bits per heavy atom. The number of likely N-dealkylation sites (tertiary alicyclic amines) is 1. The predicted octanol–water partition coefficient (Wildman–Crippen LogP) is 2.92. The summed E-state index contributed by atoms with van der Waals surface area (Å²) in [6, 6.07) is 0. The zero-order chi connectivity index (χ0) is 17.3. The van der Waals surface area contributed by atoms with E-state index in [1.807, 2.05) is 0 Å². The SMILES string of the molecule is CCCCCCCCCCCCN1C(=O)CC(S(=O)(=O)O)C1=O. The maximum atomic E-state index is 11.8. The van der Waals surface area contributed by atoms with E-state index < -0.39 is 33.6 Å². The summed E-state index contributed by atoms with van der Waals surface area (Å²) in [6.07, 6.45) is 11.0. The average Bonchev–Trinajstić information content (AvgIpc) is 2.76. The molecule has 1 unspecified atom stereocenters. The minimum Gasteiger partial charge on any atom is -0.285 e. The van der Waals surface area contributed by atoms with Gasteiger partial charge in [0.1, 0.15) is 0 Å². The molecule has 7 heteroatoms. The zero-order valence-electron chi connectivity index (χ0n) is 14.0. The van der Waals surface area contributed by atoms with Gasteiger partial charge >= 0.3 is 0 Å². The third kappa shape index (κ3) is 6.99. The topological polar surface area (TPSA) is 91.8 Å². The van der Waals surface area contributed by atoms with Crippen molar-refractivity contribution in [2.45, 2.75) is 82.8 Å². The quantitative estimate of drug-likeness (QED) is 0.333. The van der Waals surface area contributed by atoms with Gasteiger partial charge in [0, 0.05) is 6.54 Å². The molecule has 0 bridgehead atoms. The van der Waals surface area contributed by atoms with Crippen LogP contribution in [0.15, 0.2) is 0 Å². The molecule has 1 aliphatic rings. The van der Waals surface area contributed by atoms with Crippen molar-refractivity contribution in [3.63, 3.8) is 0 Å². The zero-order valence-corrected chi connectivity index (χ0v) is 14.8. The summed E-state index contributed by atoms with van der Waals surface area (Å²) in [5, 5.41) is -1.60. The number of carbonyl (C=O) groups excluding carboxylic acids is 2. The largest absolute Gasteiger partial charge is 0.285 e. The Bertz CT molecular complexity index is 489. The van der Waals surface area contributed by atoms with Crippen molar-refractivity contribution >= 4 is 21.9 Å². The number of hydrogen-bond acceptors (Lipinski definition) is 4. The summed E-state index contributed by atoms with van der Waals surface area (Å²) in [5.41, 5.74) is 0. The lowest BCUT2D eigenvalue weighted by Crippen LogP contribution is -2.35. The van der Waals surface area contributed by atoms with Crippen molar-refractivity contribution in [1.29, 1.82) is 0 Å². The third-order valence-electron chi connectivity index (χ3n) is 4.30. The molecule has 0 saturated carbocycles. The van der Waals surface area contributed by atoms with E-state index in [1.165, 1.54) is 38.5 Å². The first kappa shape index (κ1) is 20.1. The first-order valence-corrected chi connectivity index (χ1v) is 10.2. The van der Waals surface area contributed by atoms with E-state index in [4.69, 9.17) is 4.55 Å². The van der Waals surface area contributed by atoms with Crippen LogP contribution >= 0.6 is 0 Å². The van der Waals surface area contributed by atoms with E-state index in [1.54, 1.807) is 0 Å². The van der Waals surface area contributed by atoms with E-state index in [0.29, 0.717) is 6.42 Å². The highest BCUT2D eigenvalue weighted by atomic mass is 32.2. The number of hydrogen-bond donors (Lipinski definition) is 1. The van der Waals surface area contributed by atoms with Gasteiger partial charge in [-0.2, -0.15) is 8.42 Å². The highest BCUT2D eigenvalue weighted by Gasteiger charge is 2.45. The first-order chi connectivity index (χ1) is 10.9. The molecule has 0 spiro atoms. The smallest absolute Gasteiger partial charge is 0.277 e. The van der Waals surface area contributed by atoms with Gasteiger partial charge in [-0.15, -0.1) is 0 Å². The van der Waals surface area contributed by atoms with Gasteiger partial charge in [-0.1, -0.05) is 64.7 Å². The average molecular weight is 347 g/mol. The molecule has 6 nitrogen and oxygen atoms in total. The van der Waals surface area contributed by atoms with E-state index in [9.17, 15) is 18.0 Å². The molecular formula is C16H29NO5S. The van der Waals surface area contributed by atoms with Crippen LogP contribution in [-0.2, 0) is 19.7 Å². The number of amides is 2. The Morgan fingerprint density at radius 1 is 0.957 bits per heavy atom. The van der Waals surface area contributed by atoms with Gasteiger partial charge in [-0.3, -0.25) is 19.0 Å². The van der Waals surface area contributed by atoms with Crippen molar-refractivity contribution in [2.24, 2.45) is 0 Å². The summed E-state index contributed by atoms with van der Waals surface area (Å²) in [6.45, 7) is 2.45. The monoisotopic (exact) mass is 347 g/mol. The Labute approximate surface area is 139 Å². The molecule has 1 fully saturated rings. The lowest BCUT2D eigenvalue weighted by atomic mass is 10.1. The molecule has 0 aromatic carbocycles. The highest BCUT2D eigenvalue weighted by Crippen LogP contribution is 2.20. The summed E-state index contributed by atoms with van der Waals surface area (Å²) in [4.78, 5) is 24.5. The van der Waals surface area contributed by atoms with E-state index in [-0.39, 0.29) is 6.54 Å². The molecular weight excluding hydrogens is 318 g/mol. The molecule has 0 radical (unpaired) electrons. The van der Waals surface area contributed by atoms with Crippen molar-refractivity contribution in [3.8, 4) is 0 Å². The Hall–Kier alpha value is -0.950. The fourth-order valence-electron chi connectivity index (χ4n) is 2.88. The van der Waals surface area contributed by atoms with Gasteiger partial charge in [-0.05, 0) is 6.42 Å². The van der Waals surface area contributed by atoms with Crippen molar-refractivity contribution in [1.82, 2.24) is 4.90 Å². The highest BCUT2D eigenvalue weighted by molar-refractivity contribution is 7.87. The van der Waals surface area contributed by atoms with Crippen LogP contribution in [0.3, 0.4) is 0 Å². The maximum absolute atomic E-state index is 11.8. The second-order valence-corrected chi connectivity index (χ2v) is 7.87. The third-order valence-corrected chi connectivity index (χ3v) is 5.38. The molecule has 0 aliphatic carbocycles. The Morgan fingerprint density at radius 2 is 1.43 bits per heavy atom. The molecule has 1 atom stereocenters. The van der Waals surface area contributed by atoms with Crippen LogP contribution in [-0.4, -0.2) is 41.5 Å². The first-order valence-electron chi connectivity index (χ1n) is 8.68. The van der Waals surface area contributed by atoms with Crippen molar-refractivity contribution in [2.75, 3.05) is 6.54 Å². The molecule has 0 aromatic rings. The van der Waals surface area contributed by atoms with Crippen LogP contribution in [0, 0.1) is 0 Å². The van der Waals surface area contributed by atoms with Crippen LogP contribution < -0.4 is 0 Å². The van der Waals surface area contributed by atoms with Gasteiger partial charge in [0.2, 0.25) is 5.91 Å². The minimum atomic E-state index is -4.48. The second-order valence-electron chi connectivity index (χ2n) is 6.27. The van der Waals surface area contributed by atoms with Gasteiger partial charge < -0.3 is 0 Å². The number of rotatable bonds is 12. The number of imide groups is 1. The second kappa shape index (κ2) is 10.0. The van der Waals surface area contributed by atoms with E-state index in [0.717, 1.165) is 24.2 Å². The van der Waals surface area contributed by atoms with Gasteiger partial charge in [0.05, 0.1) is 6.42 Å². The van der Waals surface area contributed by atoms with Gasteiger partial charge in [0.25, 0.3) is 16.0 Å². The molecule has 1 N–H and O–H groups in total. The van der Waals surface area contributed by atoms with Crippen molar-refractivity contribution < 1.29 is 22.6 Å². The summed E-state index contributed by atoms with van der Waals surface area (Å²) in [7, 11) is -4.48. The normalized spacial score (nSPS) is 18.9. The summed E-state index contributed by atoms with van der Waals surface area (Å²) in [5.74, 6) is -1.29. The van der Waals surface area contributed by atoms with E-state index >= 15 is 0 Å². The van der Waals surface area contributed by atoms with Crippen LogP contribution in [0.5, 0.6) is 0 Å². The summed E-state index contributed by atoms with van der Waals surface area (Å²) < 4.78 is 31.0. The fraction of sp³-hybridized carbons (Fsp3) is 0.875. The Kier molecular flexibility index (Phi) is 8.76. The molecule has 23 heavy (non-hydrogen) atoms. The molecule has 0 aromatic heterocycles. The molecule has 2 amide bonds. The van der Waals surface area contributed by atoms with Gasteiger partial charge in [-0.25, -0.2) is 0 Å². The molecule has 134 valence electrons. The van der Waals surface area contributed by atoms with Crippen LogP contribution in [0.25, 0.3) is 0 Å². The Balaban J connectivity index is 2.12. The molecule has 1 saturated heterocycles. The van der Waals surface area contributed by atoms with E-state index in [2.05, 4.69) is 6.92 Å². The lowest BCUT2D eigenvalue weighted by Gasteiger charge is -2.14.